The van der Waals surface area contributed by atoms with Gasteiger partial charge in [-0.3, -0.25) is 0 Å². The molecule has 0 bridgehead atoms. The van der Waals surface area contributed by atoms with E-state index in [0.717, 1.165) is 41.2 Å². The summed E-state index contributed by atoms with van der Waals surface area (Å²) in [5.41, 5.74) is 5.96. The minimum atomic E-state index is 0. The molecule has 2 saturated carbocycles. The number of H-pyrrole nitrogens is 1. The quantitative estimate of drug-likeness (QED) is 0.316. The summed E-state index contributed by atoms with van der Waals surface area (Å²) in [6.45, 7) is 21.3. The molecular formula is C36H73N7. The number of rotatable bonds is 5. The number of nitrogens with one attached hydrogen (secondary N) is 2. The average molecular weight is 604 g/mol. The zero-order chi connectivity index (χ0) is 31.2. The number of hydrogen-bond acceptors (Lipinski definition) is 5. The van der Waals surface area contributed by atoms with E-state index in [2.05, 4.69) is 85.7 Å². The molecule has 0 amide bonds. The van der Waals surface area contributed by atoms with Crippen LogP contribution in [0, 0.1) is 35.5 Å². The standard InChI is InChI=1S/C9H19N.C9H18.C8H16.C6H10N2.C3H6N4.CH4/c1-8(2)9-4-3-6-10-7-5-9;1-8(2)9-6-4-3-5-7-9;1-7(2)8-5-3-4-6-8;1-6(2)8-4-3-7-5-8;4-1-3-2-5-7-6-3;/h8-10H,3-7H2,1-2H3;8-9H,3-7H2,1-2H3;7-8H,3-6H2,1-2H3;3-6H,1-2H3;2H,1,4H2,(H,5,6,7);1H4. The van der Waals surface area contributed by atoms with Gasteiger partial charge >= 0.3 is 0 Å². The fraction of sp³-hybridized carbons (Fsp3) is 0.861. The Labute approximate surface area is 267 Å². The second kappa shape index (κ2) is 25.6. The van der Waals surface area contributed by atoms with Gasteiger partial charge in [0.25, 0.3) is 0 Å². The molecule has 0 radical (unpaired) electrons. The van der Waals surface area contributed by atoms with Crippen molar-refractivity contribution in [3.8, 4) is 0 Å². The van der Waals surface area contributed by atoms with E-state index in [4.69, 9.17) is 5.73 Å². The third kappa shape index (κ3) is 20.0. The third-order valence-corrected chi connectivity index (χ3v) is 9.29. The summed E-state index contributed by atoms with van der Waals surface area (Å²) in [5.74, 6) is 5.87. The molecule has 2 aromatic heterocycles. The van der Waals surface area contributed by atoms with Crippen molar-refractivity contribution in [1.29, 1.82) is 0 Å². The summed E-state index contributed by atoms with van der Waals surface area (Å²) in [4.78, 5) is 3.91. The Balaban J connectivity index is 0.000000512. The Morgan fingerprint density at radius 3 is 1.60 bits per heavy atom. The molecule has 1 saturated heterocycles. The van der Waals surface area contributed by atoms with Gasteiger partial charge in [-0.2, -0.15) is 15.4 Å². The zero-order valence-corrected chi connectivity index (χ0v) is 28.8. The maximum atomic E-state index is 5.17. The van der Waals surface area contributed by atoms with Crippen LogP contribution in [0.3, 0.4) is 0 Å². The summed E-state index contributed by atoms with van der Waals surface area (Å²) < 4.78 is 2.06. The monoisotopic (exact) mass is 604 g/mol. The lowest BCUT2D eigenvalue weighted by molar-refractivity contribution is 0.279. The number of imidazole rings is 1. The van der Waals surface area contributed by atoms with Crippen LogP contribution in [0.4, 0.5) is 0 Å². The van der Waals surface area contributed by atoms with Crippen molar-refractivity contribution < 1.29 is 0 Å². The molecular weight excluding hydrogens is 530 g/mol. The molecule has 7 heteroatoms. The van der Waals surface area contributed by atoms with E-state index >= 15 is 0 Å². The number of aromatic nitrogens is 5. The fourth-order valence-electron chi connectivity index (χ4n) is 6.04. The van der Waals surface area contributed by atoms with Gasteiger partial charge in [-0.1, -0.05) is 107 Å². The van der Waals surface area contributed by atoms with Crippen LogP contribution < -0.4 is 11.1 Å². The van der Waals surface area contributed by atoms with E-state index in [1.807, 2.05) is 12.5 Å². The fourth-order valence-corrected chi connectivity index (χ4v) is 6.04. The van der Waals surface area contributed by atoms with Crippen molar-refractivity contribution in [1.82, 2.24) is 30.3 Å². The SMILES string of the molecule is C.CC(C)C1CCCC1.CC(C)C1CCCCC1.CC(C)C1CCCNCC1.CC(C)n1ccnc1.NCc1cn[nH]n1. The third-order valence-electron chi connectivity index (χ3n) is 9.29. The molecule has 5 rings (SSSR count). The molecule has 3 heterocycles. The molecule has 1 aliphatic heterocycles. The summed E-state index contributed by atoms with van der Waals surface area (Å²) in [6.07, 6.45) is 24.8. The highest BCUT2D eigenvalue weighted by atomic mass is 15.3. The van der Waals surface area contributed by atoms with Crippen molar-refractivity contribution in [3.05, 3.63) is 30.6 Å². The van der Waals surface area contributed by atoms with Crippen LogP contribution in [-0.4, -0.2) is 38.1 Å². The lowest BCUT2D eigenvalue weighted by Crippen LogP contribution is -2.15. The number of aromatic amines is 1. The maximum absolute atomic E-state index is 5.17. The second-order valence-electron chi connectivity index (χ2n) is 13.9. The number of hydrogen-bond donors (Lipinski definition) is 3. The van der Waals surface area contributed by atoms with Crippen LogP contribution in [0.15, 0.2) is 24.9 Å². The van der Waals surface area contributed by atoms with Gasteiger partial charge in [-0.25, -0.2) is 4.98 Å². The summed E-state index contributed by atoms with van der Waals surface area (Å²) in [5, 5.41) is 13.1. The van der Waals surface area contributed by atoms with Crippen LogP contribution >= 0.6 is 0 Å². The Hall–Kier alpha value is -1.73. The average Bonchev–Trinajstić information content (AvgIpc) is 3.77. The molecule has 0 spiro atoms. The van der Waals surface area contributed by atoms with Gasteiger partial charge < -0.3 is 15.6 Å². The lowest BCUT2D eigenvalue weighted by Gasteiger charge is -2.24. The van der Waals surface area contributed by atoms with Crippen LogP contribution in [0.1, 0.15) is 152 Å². The van der Waals surface area contributed by atoms with Crippen molar-refractivity contribution >= 4 is 0 Å². The predicted octanol–water partition coefficient (Wildman–Crippen LogP) is 9.45. The molecule has 2 aliphatic carbocycles. The Kier molecular flexibility index (Phi) is 24.6. The van der Waals surface area contributed by atoms with Gasteiger partial charge in [0, 0.05) is 25.0 Å². The largest absolute Gasteiger partial charge is 0.335 e. The zero-order valence-electron chi connectivity index (χ0n) is 28.8. The minimum Gasteiger partial charge on any atom is -0.335 e. The summed E-state index contributed by atoms with van der Waals surface area (Å²) >= 11 is 0. The van der Waals surface area contributed by atoms with E-state index in [1.54, 1.807) is 12.4 Å². The van der Waals surface area contributed by atoms with Crippen molar-refractivity contribution in [2.75, 3.05) is 13.1 Å². The lowest BCUT2D eigenvalue weighted by atomic mass is 9.82. The van der Waals surface area contributed by atoms with Crippen molar-refractivity contribution in [2.24, 2.45) is 41.2 Å². The van der Waals surface area contributed by atoms with Crippen molar-refractivity contribution in [3.63, 3.8) is 0 Å². The first kappa shape index (κ1) is 41.3. The maximum Gasteiger partial charge on any atom is 0.0960 e. The molecule has 1 atom stereocenters. The van der Waals surface area contributed by atoms with E-state index in [-0.39, 0.29) is 7.43 Å². The first-order valence-electron chi connectivity index (χ1n) is 17.4. The van der Waals surface area contributed by atoms with Crippen LogP contribution in [0.2, 0.25) is 0 Å². The van der Waals surface area contributed by atoms with Crippen LogP contribution in [0.25, 0.3) is 0 Å². The highest BCUT2D eigenvalue weighted by molar-refractivity contribution is 4.87. The Bertz CT molecular complexity index is 795. The van der Waals surface area contributed by atoms with Crippen LogP contribution in [-0.2, 0) is 6.54 Å². The molecule has 7 nitrogen and oxygen atoms in total. The van der Waals surface area contributed by atoms with Gasteiger partial charge in [0.1, 0.15) is 0 Å². The van der Waals surface area contributed by atoms with E-state index in [1.165, 1.54) is 90.1 Å². The van der Waals surface area contributed by atoms with E-state index in [9.17, 15) is 0 Å². The van der Waals surface area contributed by atoms with Crippen molar-refractivity contribution in [2.45, 2.75) is 152 Å². The molecule has 1 unspecified atom stereocenters. The molecule has 252 valence electrons. The van der Waals surface area contributed by atoms with Crippen LogP contribution in [0.5, 0.6) is 0 Å². The summed E-state index contributed by atoms with van der Waals surface area (Å²) in [6, 6.07) is 0.539. The predicted molar refractivity (Wildman–Crippen MR) is 187 cm³/mol. The minimum absolute atomic E-state index is 0. The molecule has 3 fully saturated rings. The van der Waals surface area contributed by atoms with E-state index < -0.39 is 0 Å². The second-order valence-corrected chi connectivity index (χ2v) is 13.9. The topological polar surface area (TPSA) is 97.4 Å². The van der Waals surface area contributed by atoms with Gasteiger partial charge in [0.15, 0.2) is 0 Å². The smallest absolute Gasteiger partial charge is 0.0960 e. The van der Waals surface area contributed by atoms with Gasteiger partial charge in [0.05, 0.1) is 18.2 Å². The molecule has 4 N–H and O–H groups in total. The highest BCUT2D eigenvalue weighted by Gasteiger charge is 2.17. The van der Waals surface area contributed by atoms with E-state index in [0.29, 0.717) is 12.6 Å². The first-order valence-corrected chi connectivity index (χ1v) is 17.4. The van der Waals surface area contributed by atoms with Gasteiger partial charge in [-0.05, 0) is 81.7 Å². The molecule has 43 heavy (non-hydrogen) atoms. The summed E-state index contributed by atoms with van der Waals surface area (Å²) in [7, 11) is 0. The molecule has 3 aliphatic rings. The number of nitrogens with zero attached hydrogens (tertiary/aromatic N) is 4. The Morgan fingerprint density at radius 1 is 0.744 bits per heavy atom. The number of nitrogens with two attached hydrogens (primary N) is 1. The molecule has 2 aromatic rings. The van der Waals surface area contributed by atoms with Gasteiger partial charge in [-0.15, -0.1) is 0 Å². The molecule has 0 aromatic carbocycles. The Morgan fingerprint density at radius 2 is 1.26 bits per heavy atom. The van der Waals surface area contributed by atoms with Gasteiger partial charge in [0.2, 0.25) is 0 Å². The highest BCUT2D eigenvalue weighted by Crippen LogP contribution is 2.30. The first-order chi connectivity index (χ1) is 20.1. The normalized spacial score (nSPS) is 19.1.